The Balaban J connectivity index is 1.27. The van der Waals surface area contributed by atoms with Crippen molar-refractivity contribution in [3.63, 3.8) is 0 Å². The molecule has 4 rings (SSSR count). The fourth-order valence-corrected chi connectivity index (χ4v) is 8.11. The Bertz CT molecular complexity index is 463. The average molecular weight is 391 g/mol. The summed E-state index contributed by atoms with van der Waals surface area (Å²) in [6.07, 6.45) is 18.9. The van der Waals surface area contributed by atoms with Gasteiger partial charge < -0.3 is 0 Å². The van der Waals surface area contributed by atoms with Crippen molar-refractivity contribution in [3.05, 3.63) is 0 Å². The number of rotatable bonds is 3. The summed E-state index contributed by atoms with van der Waals surface area (Å²) < 4.78 is 15.5. The van der Waals surface area contributed by atoms with Gasteiger partial charge in [0.15, 0.2) is 0 Å². The number of hydrogen-bond acceptors (Lipinski definition) is 0. The summed E-state index contributed by atoms with van der Waals surface area (Å²) in [5.74, 6) is 6.78. The van der Waals surface area contributed by atoms with Gasteiger partial charge in [-0.15, -0.1) is 0 Å². The van der Waals surface area contributed by atoms with Gasteiger partial charge in [-0.25, -0.2) is 4.39 Å². The standard InChI is InChI=1S/C27H47F/c1-18-4-8-21(9-5-18)22-12-14-23(15-13-22)25-16-17-26(27(28)20(25)3)24-10-6-19(2)7-11-24/h18-27H,4-17H2,1-3H3. The van der Waals surface area contributed by atoms with E-state index < -0.39 is 6.17 Å². The van der Waals surface area contributed by atoms with Crippen molar-refractivity contribution in [1.82, 2.24) is 0 Å². The number of hydrogen-bond donors (Lipinski definition) is 0. The van der Waals surface area contributed by atoms with Gasteiger partial charge >= 0.3 is 0 Å². The first-order chi connectivity index (χ1) is 13.5. The molecule has 0 bridgehead atoms. The Labute approximate surface area is 174 Å². The molecule has 0 radical (unpaired) electrons. The van der Waals surface area contributed by atoms with Gasteiger partial charge in [0.05, 0.1) is 0 Å². The third kappa shape index (κ3) is 4.64. The van der Waals surface area contributed by atoms with E-state index in [0.717, 1.165) is 29.6 Å². The van der Waals surface area contributed by atoms with E-state index in [1.54, 1.807) is 0 Å². The van der Waals surface area contributed by atoms with Crippen LogP contribution < -0.4 is 0 Å². The predicted molar refractivity (Wildman–Crippen MR) is 118 cm³/mol. The molecule has 4 atom stereocenters. The van der Waals surface area contributed by atoms with Crippen LogP contribution in [0.1, 0.15) is 111 Å². The van der Waals surface area contributed by atoms with Crippen molar-refractivity contribution < 1.29 is 4.39 Å². The summed E-state index contributed by atoms with van der Waals surface area (Å²) in [5, 5.41) is 0. The molecular formula is C27H47F. The molecule has 0 amide bonds. The molecule has 1 heteroatoms. The van der Waals surface area contributed by atoms with Gasteiger partial charge in [-0.1, -0.05) is 46.5 Å². The summed E-state index contributed by atoms with van der Waals surface area (Å²) >= 11 is 0. The van der Waals surface area contributed by atoms with E-state index >= 15 is 4.39 Å². The lowest BCUT2D eigenvalue weighted by Crippen LogP contribution is -2.42. The van der Waals surface area contributed by atoms with Gasteiger partial charge in [0.1, 0.15) is 6.17 Å². The van der Waals surface area contributed by atoms with Gasteiger partial charge in [0.25, 0.3) is 0 Å². The van der Waals surface area contributed by atoms with Crippen LogP contribution in [0, 0.1) is 53.3 Å². The molecule has 0 aromatic rings. The summed E-state index contributed by atoms with van der Waals surface area (Å²) in [7, 11) is 0. The van der Waals surface area contributed by atoms with Crippen molar-refractivity contribution in [2.24, 2.45) is 53.3 Å². The van der Waals surface area contributed by atoms with Crippen molar-refractivity contribution in [1.29, 1.82) is 0 Å². The number of alkyl halides is 1. The minimum Gasteiger partial charge on any atom is -0.247 e. The van der Waals surface area contributed by atoms with Crippen LogP contribution in [-0.2, 0) is 0 Å². The van der Waals surface area contributed by atoms with Crippen LogP contribution in [0.3, 0.4) is 0 Å². The zero-order valence-electron chi connectivity index (χ0n) is 19.1. The lowest BCUT2D eigenvalue weighted by atomic mass is 9.59. The first-order valence-electron chi connectivity index (χ1n) is 13.2. The Morgan fingerprint density at radius 3 is 1.32 bits per heavy atom. The molecule has 4 aliphatic carbocycles. The highest BCUT2D eigenvalue weighted by molar-refractivity contribution is 4.94. The molecular weight excluding hydrogens is 343 g/mol. The lowest BCUT2D eigenvalue weighted by Gasteiger charge is -2.47. The Kier molecular flexibility index (Phi) is 7.09. The van der Waals surface area contributed by atoms with E-state index in [9.17, 15) is 0 Å². The summed E-state index contributed by atoms with van der Waals surface area (Å²) in [4.78, 5) is 0. The maximum atomic E-state index is 15.5. The third-order valence-electron chi connectivity index (χ3n) is 10.2. The fraction of sp³-hybridized carbons (Fsp3) is 1.00. The molecule has 162 valence electrons. The number of halogens is 1. The molecule has 0 nitrogen and oxygen atoms in total. The van der Waals surface area contributed by atoms with Crippen molar-refractivity contribution in [2.75, 3.05) is 0 Å². The molecule has 0 saturated heterocycles. The summed E-state index contributed by atoms with van der Waals surface area (Å²) in [5.41, 5.74) is 0. The van der Waals surface area contributed by atoms with Gasteiger partial charge in [-0.05, 0) is 117 Å². The van der Waals surface area contributed by atoms with E-state index in [2.05, 4.69) is 20.8 Å². The van der Waals surface area contributed by atoms with Crippen molar-refractivity contribution >= 4 is 0 Å². The first kappa shape index (κ1) is 21.2. The highest BCUT2D eigenvalue weighted by atomic mass is 19.1. The second kappa shape index (κ2) is 9.38. The normalized spacial score (nSPS) is 51.0. The molecule has 4 fully saturated rings. The molecule has 0 aromatic heterocycles. The van der Waals surface area contributed by atoms with Gasteiger partial charge in [0, 0.05) is 0 Å². The maximum absolute atomic E-state index is 15.5. The van der Waals surface area contributed by atoms with E-state index in [4.69, 9.17) is 0 Å². The van der Waals surface area contributed by atoms with Gasteiger partial charge in [-0.3, -0.25) is 0 Å². The van der Waals surface area contributed by atoms with Crippen LogP contribution in [0.4, 0.5) is 4.39 Å². The zero-order chi connectivity index (χ0) is 19.7. The molecule has 0 spiro atoms. The van der Waals surface area contributed by atoms with Crippen LogP contribution >= 0.6 is 0 Å². The third-order valence-corrected chi connectivity index (χ3v) is 10.2. The largest absolute Gasteiger partial charge is 0.247 e. The smallest absolute Gasteiger partial charge is 0.106 e. The van der Waals surface area contributed by atoms with Gasteiger partial charge in [-0.2, -0.15) is 0 Å². The Morgan fingerprint density at radius 1 is 0.429 bits per heavy atom. The Morgan fingerprint density at radius 2 is 0.786 bits per heavy atom. The molecule has 28 heavy (non-hydrogen) atoms. The lowest BCUT2D eigenvalue weighted by molar-refractivity contribution is -0.0145. The van der Waals surface area contributed by atoms with Crippen LogP contribution in [0.2, 0.25) is 0 Å². The summed E-state index contributed by atoms with van der Waals surface area (Å²) in [6, 6.07) is 0. The second-order valence-corrected chi connectivity index (χ2v) is 11.9. The molecule has 4 unspecified atom stereocenters. The average Bonchev–Trinajstić information content (AvgIpc) is 2.72. The van der Waals surface area contributed by atoms with Crippen molar-refractivity contribution in [2.45, 2.75) is 117 Å². The topological polar surface area (TPSA) is 0 Å². The van der Waals surface area contributed by atoms with Crippen LogP contribution in [0.5, 0.6) is 0 Å². The molecule has 0 aliphatic heterocycles. The molecule has 0 heterocycles. The van der Waals surface area contributed by atoms with Crippen LogP contribution in [-0.4, -0.2) is 6.17 Å². The van der Waals surface area contributed by atoms with E-state index in [1.807, 2.05) is 0 Å². The van der Waals surface area contributed by atoms with E-state index in [-0.39, 0.29) is 0 Å². The Hall–Kier alpha value is -0.0700. The molecule has 4 saturated carbocycles. The van der Waals surface area contributed by atoms with E-state index in [0.29, 0.717) is 23.7 Å². The predicted octanol–water partition coefficient (Wildman–Crippen LogP) is 8.45. The monoisotopic (exact) mass is 390 g/mol. The van der Waals surface area contributed by atoms with Crippen LogP contribution in [0.25, 0.3) is 0 Å². The highest BCUT2D eigenvalue weighted by Gasteiger charge is 2.44. The zero-order valence-corrected chi connectivity index (χ0v) is 19.1. The van der Waals surface area contributed by atoms with E-state index in [1.165, 1.54) is 89.9 Å². The highest BCUT2D eigenvalue weighted by Crippen LogP contribution is 2.50. The maximum Gasteiger partial charge on any atom is 0.106 e. The molecule has 4 aliphatic rings. The van der Waals surface area contributed by atoms with Crippen LogP contribution in [0.15, 0.2) is 0 Å². The minimum absolute atomic E-state index is 0.315. The quantitative estimate of drug-likeness (QED) is 0.453. The molecule has 0 aromatic carbocycles. The van der Waals surface area contributed by atoms with Crippen molar-refractivity contribution in [3.8, 4) is 0 Å². The SMILES string of the molecule is CC1CCC(C2CCC(C3CCC(C4CCC(C)CC4)C(F)C3C)CC2)CC1. The molecule has 0 N–H and O–H groups in total. The van der Waals surface area contributed by atoms with Gasteiger partial charge in [0.2, 0.25) is 0 Å². The first-order valence-corrected chi connectivity index (χ1v) is 13.2. The minimum atomic E-state index is -0.519. The second-order valence-electron chi connectivity index (χ2n) is 11.9. The summed E-state index contributed by atoms with van der Waals surface area (Å²) in [6.45, 7) is 7.10. The fourth-order valence-electron chi connectivity index (χ4n) is 8.11.